The highest BCUT2D eigenvalue weighted by Gasteiger charge is 2.06. The summed E-state index contributed by atoms with van der Waals surface area (Å²) in [5.41, 5.74) is 4.77. The number of hydrogen-bond acceptors (Lipinski definition) is 3. The molecule has 0 aromatic heterocycles. The van der Waals surface area contributed by atoms with E-state index in [-0.39, 0.29) is 11.5 Å². The van der Waals surface area contributed by atoms with E-state index in [1.165, 1.54) is 14.0 Å². The van der Waals surface area contributed by atoms with Gasteiger partial charge in [-0.15, -0.1) is 0 Å². The molecule has 0 saturated heterocycles. The minimum absolute atomic E-state index is 0.199. The molecule has 0 spiro atoms. The van der Waals surface area contributed by atoms with Gasteiger partial charge in [0.15, 0.2) is 0 Å². The number of primary amides is 1. The quantitative estimate of drug-likeness (QED) is 0.406. The van der Waals surface area contributed by atoms with Crippen LogP contribution in [0.5, 0.6) is 0 Å². The van der Waals surface area contributed by atoms with Crippen molar-refractivity contribution < 1.29 is 14.6 Å². The number of amides is 1. The molecule has 52 valence electrons. The first-order valence-corrected chi connectivity index (χ1v) is 2.33. The van der Waals surface area contributed by atoms with Crippen LogP contribution in [0.25, 0.3) is 0 Å². The monoisotopic (exact) mass is 131 g/mol. The third kappa shape index (κ3) is 2.03. The Morgan fingerprint density at radius 2 is 2.11 bits per heavy atom. The van der Waals surface area contributed by atoms with Gasteiger partial charge in [-0.25, -0.2) is 0 Å². The predicted octanol–water partition coefficient (Wildman–Crippen LogP) is -0.0924. The van der Waals surface area contributed by atoms with Gasteiger partial charge in [0, 0.05) is 0 Å². The Hall–Kier alpha value is -1.19. The molecule has 9 heavy (non-hydrogen) atoms. The molecule has 0 aromatic carbocycles. The van der Waals surface area contributed by atoms with Gasteiger partial charge in [-0.3, -0.25) is 4.79 Å². The van der Waals surface area contributed by atoms with E-state index in [0.29, 0.717) is 0 Å². The zero-order chi connectivity index (χ0) is 7.44. The molecule has 3 N–H and O–H groups in total. The summed E-state index contributed by atoms with van der Waals surface area (Å²) in [5, 5.41) is 8.64. The van der Waals surface area contributed by atoms with Crippen molar-refractivity contribution in [2.24, 2.45) is 5.73 Å². The minimum atomic E-state index is -0.766. The lowest BCUT2D eigenvalue weighted by molar-refractivity contribution is -0.117. The maximum Gasteiger partial charge on any atom is 0.287 e. The average molecular weight is 131 g/mol. The predicted molar refractivity (Wildman–Crippen MR) is 31.5 cm³/mol. The van der Waals surface area contributed by atoms with Crippen LogP contribution >= 0.6 is 0 Å². The number of aliphatic hydroxyl groups excluding tert-OH is 1. The molecule has 0 aromatic rings. The van der Waals surface area contributed by atoms with E-state index < -0.39 is 5.91 Å². The highest BCUT2D eigenvalue weighted by molar-refractivity contribution is 5.90. The Labute approximate surface area is 52.9 Å². The first kappa shape index (κ1) is 7.81. The number of aliphatic hydroxyl groups is 1. The molecule has 0 atom stereocenters. The summed E-state index contributed by atoms with van der Waals surface area (Å²) in [5.74, 6) is -1.17. The van der Waals surface area contributed by atoms with Gasteiger partial charge >= 0.3 is 0 Å². The van der Waals surface area contributed by atoms with Crippen LogP contribution in [-0.4, -0.2) is 18.1 Å². The molecule has 4 heteroatoms. The summed E-state index contributed by atoms with van der Waals surface area (Å²) in [6, 6.07) is 0. The summed E-state index contributed by atoms with van der Waals surface area (Å²) >= 11 is 0. The van der Waals surface area contributed by atoms with Crippen LogP contribution in [0.1, 0.15) is 6.92 Å². The molecule has 0 aliphatic rings. The van der Waals surface area contributed by atoms with Crippen LogP contribution in [-0.2, 0) is 9.53 Å². The molecule has 0 fully saturated rings. The van der Waals surface area contributed by atoms with Crippen LogP contribution in [0.3, 0.4) is 0 Å². The van der Waals surface area contributed by atoms with Crippen molar-refractivity contribution in [3.63, 3.8) is 0 Å². The molecule has 0 aliphatic heterocycles. The van der Waals surface area contributed by atoms with Gasteiger partial charge < -0.3 is 15.6 Å². The van der Waals surface area contributed by atoms with E-state index >= 15 is 0 Å². The number of carbonyl (C=O) groups is 1. The first-order valence-electron chi connectivity index (χ1n) is 2.33. The summed E-state index contributed by atoms with van der Waals surface area (Å²) < 4.78 is 4.43. The Morgan fingerprint density at radius 3 is 2.11 bits per heavy atom. The molecular weight excluding hydrogens is 122 g/mol. The fourth-order valence-electron chi connectivity index (χ4n) is 0.427. The van der Waals surface area contributed by atoms with Gasteiger partial charge in [0.1, 0.15) is 5.76 Å². The largest absolute Gasteiger partial charge is 0.509 e. The number of methoxy groups -OCH3 is 1. The highest BCUT2D eigenvalue weighted by Crippen LogP contribution is 1.98. The molecule has 0 bridgehead atoms. The van der Waals surface area contributed by atoms with Crippen molar-refractivity contribution in [1.29, 1.82) is 0 Å². The lowest BCUT2D eigenvalue weighted by atomic mass is 10.4. The summed E-state index contributed by atoms with van der Waals surface area (Å²) in [6.07, 6.45) is 0. The van der Waals surface area contributed by atoms with Crippen molar-refractivity contribution in [1.82, 2.24) is 0 Å². The second-order valence-electron chi connectivity index (χ2n) is 1.48. The van der Waals surface area contributed by atoms with Crippen molar-refractivity contribution in [3.05, 3.63) is 11.5 Å². The van der Waals surface area contributed by atoms with E-state index in [1.54, 1.807) is 0 Å². The first-order chi connectivity index (χ1) is 4.09. The van der Waals surface area contributed by atoms with Crippen LogP contribution in [0.4, 0.5) is 0 Å². The van der Waals surface area contributed by atoms with Crippen LogP contribution in [0, 0.1) is 0 Å². The SMILES string of the molecule is CO/C(C(N)=O)=C(\C)O. The van der Waals surface area contributed by atoms with E-state index in [4.69, 9.17) is 10.8 Å². The lowest BCUT2D eigenvalue weighted by Crippen LogP contribution is -2.16. The Balaban J connectivity index is 4.35. The smallest absolute Gasteiger partial charge is 0.287 e. The minimum Gasteiger partial charge on any atom is -0.509 e. The molecule has 4 nitrogen and oxygen atoms in total. The van der Waals surface area contributed by atoms with Gasteiger partial charge in [0.05, 0.1) is 7.11 Å². The molecule has 0 unspecified atom stereocenters. The number of rotatable bonds is 2. The van der Waals surface area contributed by atoms with E-state index in [2.05, 4.69) is 4.74 Å². The van der Waals surface area contributed by atoms with Crippen LogP contribution in [0.15, 0.2) is 11.5 Å². The second-order valence-corrected chi connectivity index (χ2v) is 1.48. The Bertz CT molecular complexity index is 146. The summed E-state index contributed by atoms with van der Waals surface area (Å²) in [6.45, 7) is 1.32. The number of nitrogens with two attached hydrogens (primary N) is 1. The van der Waals surface area contributed by atoms with Crippen molar-refractivity contribution >= 4 is 5.91 Å². The van der Waals surface area contributed by atoms with E-state index in [1.807, 2.05) is 0 Å². The van der Waals surface area contributed by atoms with Crippen molar-refractivity contribution in [2.75, 3.05) is 7.11 Å². The number of ether oxygens (including phenoxy) is 1. The molecule has 0 aliphatic carbocycles. The molecule has 0 radical (unpaired) electrons. The molecule has 0 heterocycles. The van der Waals surface area contributed by atoms with Gasteiger partial charge in [-0.05, 0) is 6.92 Å². The van der Waals surface area contributed by atoms with Gasteiger partial charge in [0.2, 0.25) is 5.76 Å². The second kappa shape index (κ2) is 2.96. The molecule has 0 saturated carbocycles. The number of allylic oxidation sites excluding steroid dienone is 1. The number of carbonyl (C=O) groups excluding carboxylic acids is 1. The molecule has 0 rings (SSSR count). The zero-order valence-electron chi connectivity index (χ0n) is 5.34. The standard InChI is InChI=1S/C5H9NO3/c1-3(7)4(9-2)5(6)8/h7H,1-2H3,(H2,6,8)/b4-3+. The average Bonchev–Trinajstić information content (AvgIpc) is 1.64. The van der Waals surface area contributed by atoms with E-state index in [9.17, 15) is 4.79 Å². The third-order valence-electron chi connectivity index (χ3n) is 0.757. The van der Waals surface area contributed by atoms with Crippen LogP contribution in [0.2, 0.25) is 0 Å². The molecular formula is C5H9NO3. The Kier molecular flexibility index (Phi) is 2.57. The third-order valence-corrected chi connectivity index (χ3v) is 0.757. The summed E-state index contributed by atoms with van der Waals surface area (Å²) in [4.78, 5) is 10.3. The summed E-state index contributed by atoms with van der Waals surface area (Å²) in [7, 11) is 1.26. The highest BCUT2D eigenvalue weighted by atomic mass is 16.5. The maximum atomic E-state index is 10.3. The fraction of sp³-hybridized carbons (Fsp3) is 0.400. The van der Waals surface area contributed by atoms with Crippen molar-refractivity contribution in [2.45, 2.75) is 6.92 Å². The maximum absolute atomic E-state index is 10.3. The Morgan fingerprint density at radius 1 is 1.67 bits per heavy atom. The lowest BCUT2D eigenvalue weighted by Gasteiger charge is -2.00. The van der Waals surface area contributed by atoms with Gasteiger partial charge in [-0.1, -0.05) is 0 Å². The van der Waals surface area contributed by atoms with Crippen molar-refractivity contribution in [3.8, 4) is 0 Å². The number of hydrogen-bond donors (Lipinski definition) is 2. The molecule has 1 amide bonds. The van der Waals surface area contributed by atoms with Crippen LogP contribution < -0.4 is 5.73 Å². The zero-order valence-corrected chi connectivity index (χ0v) is 5.34. The fourth-order valence-corrected chi connectivity index (χ4v) is 0.427. The van der Waals surface area contributed by atoms with Gasteiger partial charge in [0.25, 0.3) is 5.91 Å². The van der Waals surface area contributed by atoms with Gasteiger partial charge in [-0.2, -0.15) is 0 Å². The normalized spacial score (nSPS) is 12.2. The topological polar surface area (TPSA) is 72.5 Å². The van der Waals surface area contributed by atoms with E-state index in [0.717, 1.165) is 0 Å².